The van der Waals surface area contributed by atoms with Crippen LogP contribution in [0.4, 0.5) is 0 Å². The Hall–Kier alpha value is -2.50. The van der Waals surface area contributed by atoms with Crippen molar-refractivity contribution in [1.29, 1.82) is 0 Å². The monoisotopic (exact) mass is 672 g/mol. The first-order valence-corrected chi connectivity index (χ1v) is 17.9. The molecule has 9 atom stereocenters. The Kier molecular flexibility index (Phi) is 15.6. The number of aromatic nitrogens is 1. The molecule has 1 saturated heterocycles. The maximum absolute atomic E-state index is 13.8. The fraction of sp³-hybridized carbons (Fsp3) is 0.676. The van der Waals surface area contributed by atoms with Gasteiger partial charge in [-0.15, -0.1) is 11.3 Å². The number of thiazole rings is 1. The molecule has 2 heterocycles. The van der Waals surface area contributed by atoms with Crippen molar-refractivity contribution in [2.24, 2.45) is 23.7 Å². The summed E-state index contributed by atoms with van der Waals surface area (Å²) in [7, 11) is 4.94. The Bertz CT molecular complexity index is 1240. The van der Waals surface area contributed by atoms with Gasteiger partial charge >= 0.3 is 0 Å². The van der Waals surface area contributed by atoms with Crippen LogP contribution in [0.5, 0.6) is 0 Å². The Balaban J connectivity index is 1.68. The van der Waals surface area contributed by atoms with Gasteiger partial charge in [0.1, 0.15) is 11.9 Å². The zero-order chi connectivity index (χ0) is 34.7. The molecule has 1 N–H and O–H groups in total. The third-order valence-corrected chi connectivity index (χ3v) is 11.1. The van der Waals surface area contributed by atoms with Crippen LogP contribution >= 0.6 is 11.3 Å². The lowest BCUT2D eigenvalue weighted by atomic mass is 9.87. The summed E-state index contributed by atoms with van der Waals surface area (Å²) in [6.45, 7) is 9.95. The molecule has 1 amide bonds. The molecule has 1 aromatic heterocycles. The van der Waals surface area contributed by atoms with Crippen LogP contribution in [0, 0.1) is 23.7 Å². The standard InChI is InChI=1S/C37H56N2O7S/c1-9-24(4)33(39(6)37(43)25(5)23(2)3)32(44-7)21-28(41)15-16-31-29(22-40)34(45-8)35(46-31)30(42)20-27(36-38-17-18-47-36)19-26-13-11-10-12-14-26/h10-14,17-18,23-25,27,29,31-35,40H,9,15-16,19-22H2,1-8H3/t24-,25-,27+,29+,31+,32-,33?,34-,35+/m0/s1. The first-order valence-electron chi connectivity index (χ1n) is 17.0. The average molecular weight is 673 g/mol. The summed E-state index contributed by atoms with van der Waals surface area (Å²) >= 11 is 1.53. The zero-order valence-electron chi connectivity index (χ0n) is 29.5. The highest BCUT2D eigenvalue weighted by molar-refractivity contribution is 7.09. The van der Waals surface area contributed by atoms with E-state index < -0.39 is 30.3 Å². The lowest BCUT2D eigenvalue weighted by Gasteiger charge is -2.39. The molecule has 10 heteroatoms. The van der Waals surface area contributed by atoms with Gasteiger partial charge in [-0.1, -0.05) is 71.4 Å². The van der Waals surface area contributed by atoms with Crippen LogP contribution < -0.4 is 0 Å². The smallest absolute Gasteiger partial charge is 0.225 e. The fourth-order valence-corrected chi connectivity index (χ4v) is 7.51. The van der Waals surface area contributed by atoms with Gasteiger partial charge in [0.15, 0.2) is 5.78 Å². The number of hydrogen-bond acceptors (Lipinski definition) is 9. The minimum Gasteiger partial charge on any atom is -0.396 e. The molecular formula is C37H56N2O7S. The number of Topliss-reactive ketones (excluding diaryl/α,β-unsaturated/α-hetero) is 2. The van der Waals surface area contributed by atoms with Crippen LogP contribution in [0.2, 0.25) is 0 Å². The highest BCUT2D eigenvalue weighted by atomic mass is 32.1. The summed E-state index contributed by atoms with van der Waals surface area (Å²) in [5, 5.41) is 13.2. The molecule has 47 heavy (non-hydrogen) atoms. The lowest BCUT2D eigenvalue weighted by molar-refractivity contribution is -0.143. The Morgan fingerprint density at radius 2 is 1.79 bits per heavy atom. The number of carbonyl (C=O) groups excluding carboxylic acids is 3. The number of carbonyl (C=O) groups is 3. The van der Waals surface area contributed by atoms with Crippen molar-refractivity contribution < 1.29 is 33.7 Å². The summed E-state index contributed by atoms with van der Waals surface area (Å²) in [6, 6.07) is 9.78. The summed E-state index contributed by atoms with van der Waals surface area (Å²) in [4.78, 5) is 46.8. The maximum atomic E-state index is 13.8. The van der Waals surface area contributed by atoms with Crippen molar-refractivity contribution in [3.05, 3.63) is 52.5 Å². The number of hydrogen-bond donors (Lipinski definition) is 1. The second kappa shape index (κ2) is 18.9. The molecule has 0 saturated carbocycles. The number of methoxy groups -OCH3 is 2. The van der Waals surface area contributed by atoms with E-state index in [0.717, 1.165) is 17.0 Å². The first kappa shape index (κ1) is 38.9. The minimum atomic E-state index is -0.848. The van der Waals surface area contributed by atoms with Gasteiger partial charge in [0.25, 0.3) is 0 Å². The van der Waals surface area contributed by atoms with Gasteiger partial charge < -0.3 is 24.2 Å². The Morgan fingerprint density at radius 3 is 2.34 bits per heavy atom. The number of likely N-dealkylation sites (N-methyl/N-ethyl adjacent to an activating group) is 1. The second-order valence-electron chi connectivity index (χ2n) is 13.5. The van der Waals surface area contributed by atoms with Gasteiger partial charge in [-0.05, 0) is 30.2 Å². The summed E-state index contributed by atoms with van der Waals surface area (Å²) in [5.41, 5.74) is 1.12. The maximum Gasteiger partial charge on any atom is 0.225 e. The highest BCUT2D eigenvalue weighted by Gasteiger charge is 2.48. The van der Waals surface area contributed by atoms with E-state index in [9.17, 15) is 19.5 Å². The molecule has 2 aromatic rings. The van der Waals surface area contributed by atoms with Crippen LogP contribution in [0.15, 0.2) is 41.9 Å². The number of ketones is 2. The number of aliphatic hydroxyl groups excluding tert-OH is 1. The van der Waals surface area contributed by atoms with Gasteiger partial charge in [-0.2, -0.15) is 0 Å². The lowest BCUT2D eigenvalue weighted by Crippen LogP contribution is -2.51. The number of ether oxygens (including phenoxy) is 3. The molecule has 0 spiro atoms. The molecule has 1 aliphatic heterocycles. The molecular weight excluding hydrogens is 616 g/mol. The van der Waals surface area contributed by atoms with Gasteiger partial charge in [-0.3, -0.25) is 14.4 Å². The van der Waals surface area contributed by atoms with E-state index in [1.807, 2.05) is 63.5 Å². The van der Waals surface area contributed by atoms with E-state index in [-0.39, 0.29) is 73.1 Å². The Labute approximate surface area is 285 Å². The van der Waals surface area contributed by atoms with Crippen LogP contribution in [0.3, 0.4) is 0 Å². The summed E-state index contributed by atoms with van der Waals surface area (Å²) in [5.74, 6) is -0.440. The van der Waals surface area contributed by atoms with Crippen LogP contribution in [-0.4, -0.2) is 90.8 Å². The molecule has 9 nitrogen and oxygen atoms in total. The normalized spacial score (nSPS) is 22.9. The first-order chi connectivity index (χ1) is 22.5. The topological polar surface area (TPSA) is 115 Å². The zero-order valence-corrected chi connectivity index (χ0v) is 30.3. The highest BCUT2D eigenvalue weighted by Crippen LogP contribution is 2.36. The minimum absolute atomic E-state index is 0.0151. The van der Waals surface area contributed by atoms with Crippen LogP contribution in [0.1, 0.15) is 83.2 Å². The number of nitrogens with zero attached hydrogens (tertiary/aromatic N) is 2. The second-order valence-corrected chi connectivity index (χ2v) is 14.4. The van der Waals surface area contributed by atoms with Crippen molar-refractivity contribution in [3.8, 4) is 0 Å². The van der Waals surface area contributed by atoms with E-state index in [4.69, 9.17) is 14.2 Å². The van der Waals surface area contributed by atoms with Gasteiger partial charge in [0, 0.05) is 69.9 Å². The Morgan fingerprint density at radius 1 is 1.09 bits per heavy atom. The van der Waals surface area contributed by atoms with Gasteiger partial charge in [0.2, 0.25) is 5.91 Å². The van der Waals surface area contributed by atoms with Crippen molar-refractivity contribution in [1.82, 2.24) is 9.88 Å². The molecule has 0 aliphatic carbocycles. The molecule has 1 unspecified atom stereocenters. The SMILES string of the molecule is CC[C@H](C)C([C@H](CC(=O)CC[C@H]1O[C@H](C(=O)C[C@@H](Cc2ccccc2)c2nccs2)[C@@H](OC)[C@@H]1CO)OC)N(C)C(=O)[C@@H](C)C(C)C. The number of benzene rings is 1. The molecule has 1 aliphatic rings. The van der Waals surface area contributed by atoms with E-state index in [1.165, 1.54) is 18.4 Å². The van der Waals surface area contributed by atoms with Crippen molar-refractivity contribution in [2.75, 3.05) is 27.9 Å². The van der Waals surface area contributed by atoms with Gasteiger partial charge in [-0.25, -0.2) is 4.98 Å². The van der Waals surface area contributed by atoms with E-state index in [0.29, 0.717) is 12.8 Å². The summed E-state index contributed by atoms with van der Waals surface area (Å²) in [6.07, 6.45) is 1.73. The molecule has 262 valence electrons. The third-order valence-electron chi connectivity index (χ3n) is 10.1. The van der Waals surface area contributed by atoms with Crippen molar-refractivity contribution >= 4 is 28.8 Å². The van der Waals surface area contributed by atoms with Gasteiger partial charge in [0.05, 0.1) is 36.0 Å². The van der Waals surface area contributed by atoms with Crippen molar-refractivity contribution in [3.63, 3.8) is 0 Å². The largest absolute Gasteiger partial charge is 0.396 e. The van der Waals surface area contributed by atoms with Crippen LogP contribution in [-0.2, 0) is 35.0 Å². The number of aliphatic hydroxyl groups is 1. The third kappa shape index (κ3) is 10.2. The molecule has 1 fully saturated rings. The average Bonchev–Trinajstić information content (AvgIpc) is 3.74. The predicted molar refractivity (Wildman–Crippen MR) is 184 cm³/mol. The molecule has 0 radical (unpaired) electrons. The molecule has 1 aromatic carbocycles. The summed E-state index contributed by atoms with van der Waals surface area (Å²) < 4.78 is 17.9. The molecule has 0 bridgehead atoms. The van der Waals surface area contributed by atoms with E-state index in [1.54, 1.807) is 18.2 Å². The van der Waals surface area contributed by atoms with E-state index in [2.05, 4.69) is 18.8 Å². The predicted octanol–water partition coefficient (Wildman–Crippen LogP) is 5.74. The molecule has 3 rings (SSSR count). The number of rotatable bonds is 20. The quantitative estimate of drug-likeness (QED) is 0.190. The number of amides is 1. The van der Waals surface area contributed by atoms with Crippen molar-refractivity contribution in [2.45, 2.75) is 110 Å². The van der Waals surface area contributed by atoms with Crippen LogP contribution in [0.25, 0.3) is 0 Å². The fourth-order valence-electron chi connectivity index (χ4n) is 6.77. The van der Waals surface area contributed by atoms with E-state index >= 15 is 0 Å².